The number of para-hydroxylation sites is 5. The minimum Gasteiger partial charge on any atom is -0.439 e. The van der Waals surface area contributed by atoms with Crippen LogP contribution in [0.4, 0.5) is 17.1 Å². The summed E-state index contributed by atoms with van der Waals surface area (Å²) in [5.41, 5.74) is 13.7. The number of hydrogen-bond donors (Lipinski definition) is 0. The Hall–Kier alpha value is -6.52. The largest absolute Gasteiger partial charge is 0.439 e. The average molecular weight is 656 g/mol. The molecule has 0 radical (unpaired) electrons. The van der Waals surface area contributed by atoms with Gasteiger partial charge in [0.1, 0.15) is 5.58 Å². The van der Waals surface area contributed by atoms with Crippen LogP contribution in [0.5, 0.6) is 0 Å². The maximum atomic E-state index is 6.51. The molecule has 4 heteroatoms. The summed E-state index contributed by atoms with van der Waals surface area (Å²) >= 11 is 0. The molecular formula is C47H33N3O. The number of hydrogen-bond acceptors (Lipinski definition) is 2. The van der Waals surface area contributed by atoms with Gasteiger partial charge in [-0.25, -0.2) is 0 Å². The zero-order valence-electron chi connectivity index (χ0n) is 28.3. The second-order valence-corrected chi connectivity index (χ2v) is 14.2. The number of anilines is 3. The molecule has 51 heavy (non-hydrogen) atoms. The maximum absolute atomic E-state index is 6.51. The average Bonchev–Trinajstić information content (AvgIpc) is 3.82. The van der Waals surface area contributed by atoms with Gasteiger partial charge in [0.2, 0.25) is 5.71 Å². The van der Waals surface area contributed by atoms with Gasteiger partial charge in [0, 0.05) is 44.0 Å². The molecule has 0 bridgehead atoms. The van der Waals surface area contributed by atoms with Crippen LogP contribution < -0.4 is 4.90 Å². The van der Waals surface area contributed by atoms with Gasteiger partial charge in [-0.2, -0.15) is 0 Å². The predicted octanol–water partition coefficient (Wildman–Crippen LogP) is 12.7. The van der Waals surface area contributed by atoms with Crippen LogP contribution >= 0.6 is 0 Å². The summed E-state index contributed by atoms with van der Waals surface area (Å²) in [6.45, 7) is 4.67. The number of benzene rings is 7. The lowest BCUT2D eigenvalue weighted by molar-refractivity contribution is 0.632. The van der Waals surface area contributed by atoms with E-state index in [1.54, 1.807) is 0 Å². The zero-order chi connectivity index (χ0) is 33.8. The third-order valence-electron chi connectivity index (χ3n) is 11.1. The highest BCUT2D eigenvalue weighted by Gasteiger charge is 2.36. The second kappa shape index (κ2) is 10.3. The summed E-state index contributed by atoms with van der Waals surface area (Å²) in [5, 5.41) is 5.96. The first-order valence-electron chi connectivity index (χ1n) is 17.6. The van der Waals surface area contributed by atoms with E-state index in [-0.39, 0.29) is 5.41 Å². The van der Waals surface area contributed by atoms with Crippen molar-refractivity contribution in [2.45, 2.75) is 19.3 Å². The highest BCUT2D eigenvalue weighted by Crippen LogP contribution is 2.52. The number of nitrogens with zero attached hydrogens (tertiary/aromatic N) is 3. The fourth-order valence-corrected chi connectivity index (χ4v) is 8.77. The SMILES string of the molecule is CC1(C)c2ccccc2N(c2ccc3c(c2)c2ccccc2n3-c2ccc(-n3c4ccccc4c4c5ccccc5oc43)cc2)c2ccccc21. The summed E-state index contributed by atoms with van der Waals surface area (Å²) in [5.74, 6) is 0. The van der Waals surface area contributed by atoms with Crippen LogP contribution in [0, 0.1) is 0 Å². The van der Waals surface area contributed by atoms with Gasteiger partial charge in [0.05, 0.1) is 33.3 Å². The molecule has 0 aliphatic carbocycles. The molecule has 0 N–H and O–H groups in total. The summed E-state index contributed by atoms with van der Waals surface area (Å²) in [4.78, 5) is 2.44. The Balaban J connectivity index is 1.08. The van der Waals surface area contributed by atoms with E-state index in [4.69, 9.17) is 4.42 Å². The third kappa shape index (κ3) is 3.85. The molecule has 0 saturated carbocycles. The Morgan fingerprint density at radius 3 is 1.65 bits per heavy atom. The molecule has 1 aliphatic rings. The number of fused-ring (bicyclic) bond motifs is 10. The Kier molecular flexibility index (Phi) is 5.70. The highest BCUT2D eigenvalue weighted by atomic mass is 16.3. The molecule has 4 nitrogen and oxygen atoms in total. The lowest BCUT2D eigenvalue weighted by Crippen LogP contribution is -2.30. The van der Waals surface area contributed by atoms with Crippen molar-refractivity contribution in [2.75, 3.05) is 4.90 Å². The molecule has 0 atom stereocenters. The van der Waals surface area contributed by atoms with E-state index in [1.807, 2.05) is 6.07 Å². The molecule has 7 aromatic carbocycles. The van der Waals surface area contributed by atoms with Crippen LogP contribution in [0.25, 0.3) is 66.2 Å². The van der Waals surface area contributed by atoms with Crippen LogP contribution in [0.15, 0.2) is 168 Å². The van der Waals surface area contributed by atoms with E-state index in [1.165, 1.54) is 49.7 Å². The van der Waals surface area contributed by atoms with Gasteiger partial charge in [0.25, 0.3) is 0 Å². The van der Waals surface area contributed by atoms with E-state index >= 15 is 0 Å². The van der Waals surface area contributed by atoms with Gasteiger partial charge in [0.15, 0.2) is 0 Å². The molecule has 3 aromatic heterocycles. The van der Waals surface area contributed by atoms with Gasteiger partial charge < -0.3 is 13.9 Å². The van der Waals surface area contributed by atoms with E-state index in [9.17, 15) is 0 Å². The van der Waals surface area contributed by atoms with Gasteiger partial charge >= 0.3 is 0 Å². The van der Waals surface area contributed by atoms with Crippen molar-refractivity contribution >= 4 is 71.8 Å². The van der Waals surface area contributed by atoms with Crippen LogP contribution in [-0.4, -0.2) is 9.13 Å². The molecular weight excluding hydrogens is 623 g/mol. The summed E-state index contributed by atoms with van der Waals surface area (Å²) < 4.78 is 11.2. The van der Waals surface area contributed by atoms with Gasteiger partial charge in [-0.05, 0) is 83.9 Å². The number of rotatable bonds is 3. The van der Waals surface area contributed by atoms with Crippen molar-refractivity contribution in [2.24, 2.45) is 0 Å². The van der Waals surface area contributed by atoms with Crippen molar-refractivity contribution in [1.29, 1.82) is 0 Å². The topological polar surface area (TPSA) is 26.2 Å². The monoisotopic (exact) mass is 655 g/mol. The molecule has 0 unspecified atom stereocenters. The van der Waals surface area contributed by atoms with Crippen LogP contribution in [0.2, 0.25) is 0 Å². The molecule has 11 rings (SSSR count). The normalized spacial score (nSPS) is 13.8. The number of furan rings is 1. The lowest BCUT2D eigenvalue weighted by Gasteiger charge is -2.42. The van der Waals surface area contributed by atoms with Crippen LogP contribution in [0.3, 0.4) is 0 Å². The quantitative estimate of drug-likeness (QED) is 0.189. The Bertz CT molecular complexity index is 2960. The van der Waals surface area contributed by atoms with Crippen molar-refractivity contribution in [3.63, 3.8) is 0 Å². The molecule has 10 aromatic rings. The first-order chi connectivity index (χ1) is 25.1. The van der Waals surface area contributed by atoms with E-state index in [0.717, 1.165) is 44.6 Å². The molecule has 4 heterocycles. The van der Waals surface area contributed by atoms with E-state index in [2.05, 4.69) is 186 Å². The third-order valence-corrected chi connectivity index (χ3v) is 11.1. The van der Waals surface area contributed by atoms with Gasteiger partial charge in [-0.15, -0.1) is 0 Å². The smallest absolute Gasteiger partial charge is 0.213 e. The van der Waals surface area contributed by atoms with Gasteiger partial charge in [-0.3, -0.25) is 4.57 Å². The van der Waals surface area contributed by atoms with Crippen molar-refractivity contribution < 1.29 is 4.42 Å². The first kappa shape index (κ1) is 28.3. The molecule has 0 fully saturated rings. The fraction of sp³-hybridized carbons (Fsp3) is 0.0638. The standard InChI is InChI=1S/C47H33N3O/c1-47(2)37-16-6-10-20-42(37)49(43-21-11-7-17-38(43)47)32-27-28-41-36(29-32)33-13-3-8-18-39(33)48(41)30-23-25-31(26-24-30)50-40-19-9-4-14-34(40)45-35-15-5-12-22-44(35)51-46(45)50/h3-29H,1-2H3. The first-order valence-corrected chi connectivity index (χ1v) is 17.6. The molecule has 1 aliphatic heterocycles. The minimum absolute atomic E-state index is 0.0981. The van der Waals surface area contributed by atoms with Crippen molar-refractivity contribution in [3.05, 3.63) is 175 Å². The van der Waals surface area contributed by atoms with Crippen molar-refractivity contribution in [3.8, 4) is 11.4 Å². The highest BCUT2D eigenvalue weighted by molar-refractivity contribution is 6.20. The fourth-order valence-electron chi connectivity index (χ4n) is 8.77. The van der Waals surface area contributed by atoms with Gasteiger partial charge in [-0.1, -0.05) is 105 Å². The van der Waals surface area contributed by atoms with Crippen molar-refractivity contribution in [1.82, 2.24) is 9.13 Å². The Labute approximate surface area is 295 Å². The molecule has 242 valence electrons. The zero-order valence-corrected chi connectivity index (χ0v) is 28.3. The van der Waals surface area contributed by atoms with E-state index < -0.39 is 0 Å². The molecule has 0 spiro atoms. The van der Waals surface area contributed by atoms with E-state index in [0.29, 0.717) is 0 Å². The minimum atomic E-state index is -0.0981. The summed E-state index contributed by atoms with van der Waals surface area (Å²) in [6, 6.07) is 59.2. The summed E-state index contributed by atoms with van der Waals surface area (Å²) in [7, 11) is 0. The lowest BCUT2D eigenvalue weighted by atomic mass is 9.73. The van der Waals surface area contributed by atoms with Crippen LogP contribution in [0.1, 0.15) is 25.0 Å². The molecule has 0 amide bonds. The predicted molar refractivity (Wildman–Crippen MR) is 212 cm³/mol. The Morgan fingerprint density at radius 1 is 0.431 bits per heavy atom. The summed E-state index contributed by atoms with van der Waals surface area (Å²) in [6.07, 6.45) is 0. The molecule has 0 saturated heterocycles. The van der Waals surface area contributed by atoms with Crippen LogP contribution in [-0.2, 0) is 5.41 Å². The second-order valence-electron chi connectivity index (χ2n) is 14.2. The maximum Gasteiger partial charge on any atom is 0.213 e. The number of aromatic nitrogens is 2. The Morgan fingerprint density at radius 2 is 0.941 bits per heavy atom.